The van der Waals surface area contributed by atoms with Gasteiger partial charge in [-0.25, -0.2) is 19.6 Å². The Morgan fingerprint density at radius 1 is 1.11 bits per heavy atom. The molecule has 2 fully saturated rings. The van der Waals surface area contributed by atoms with Crippen LogP contribution >= 0.6 is 11.3 Å². The first kappa shape index (κ1) is 25.8. The summed E-state index contributed by atoms with van der Waals surface area (Å²) in [7, 11) is 0. The first-order valence-corrected chi connectivity index (χ1v) is 13.4. The first-order chi connectivity index (χ1) is 18.1. The summed E-state index contributed by atoms with van der Waals surface area (Å²) in [6.07, 6.45) is -0.417. The number of carbonyl (C=O) groups is 2. The molecule has 3 aromatic rings. The number of nitrogens with two attached hydrogens (primary N) is 1. The van der Waals surface area contributed by atoms with Crippen molar-refractivity contribution in [3.63, 3.8) is 0 Å². The number of piperazine rings is 1. The van der Waals surface area contributed by atoms with Crippen LogP contribution < -0.4 is 20.7 Å². The van der Waals surface area contributed by atoms with E-state index in [1.807, 2.05) is 45.9 Å². The molecule has 3 N–H and O–H groups in total. The van der Waals surface area contributed by atoms with Crippen molar-refractivity contribution in [1.29, 1.82) is 0 Å². The number of hydrogen-bond donors (Lipinski definition) is 2. The lowest BCUT2D eigenvalue weighted by molar-refractivity contribution is -0.0221. The molecule has 5 rings (SSSR count). The van der Waals surface area contributed by atoms with Crippen LogP contribution in [0.15, 0.2) is 23.7 Å². The number of aryl methyl sites for hydroxylation is 1. The van der Waals surface area contributed by atoms with E-state index in [0.717, 1.165) is 21.6 Å². The second-order valence-corrected chi connectivity index (χ2v) is 11.3. The van der Waals surface area contributed by atoms with Gasteiger partial charge < -0.3 is 35.2 Å². The number of carbonyl (C=O) groups excluding carboxylic acids is 2. The Balaban J connectivity index is 1.12. The van der Waals surface area contributed by atoms with Gasteiger partial charge in [0, 0.05) is 31.9 Å². The molecule has 0 atom stereocenters. The molecule has 202 valence electrons. The van der Waals surface area contributed by atoms with Gasteiger partial charge in [-0.2, -0.15) is 4.98 Å². The lowest BCUT2D eigenvalue weighted by Gasteiger charge is -2.39. The lowest BCUT2D eigenvalue weighted by atomic mass is 10.1. The van der Waals surface area contributed by atoms with Crippen molar-refractivity contribution in [2.45, 2.75) is 39.4 Å². The normalized spacial score (nSPS) is 16.4. The van der Waals surface area contributed by atoms with Gasteiger partial charge in [0.05, 0.1) is 18.6 Å². The minimum atomic E-state index is -0.520. The summed E-state index contributed by atoms with van der Waals surface area (Å²) >= 11 is 1.43. The fraction of sp³-hybridized carbons (Fsp3) is 0.480. The van der Waals surface area contributed by atoms with Crippen molar-refractivity contribution < 1.29 is 19.1 Å². The van der Waals surface area contributed by atoms with Crippen LogP contribution in [0.1, 0.15) is 26.3 Å². The Hall–Kier alpha value is -3.87. The van der Waals surface area contributed by atoms with E-state index in [1.54, 1.807) is 15.3 Å². The number of nitrogen functional groups attached to an aromatic ring is 1. The summed E-state index contributed by atoms with van der Waals surface area (Å²) in [6, 6.07) is 5.40. The van der Waals surface area contributed by atoms with Crippen LogP contribution in [0.25, 0.3) is 10.3 Å². The SMILES string of the molecule is Cc1cc(OC2CN(C(=O)OC(C)(C)C)C2)ccc1NC(=O)N1CCN(c2nc(N)nc3scnc23)CC1. The number of ether oxygens (including phenoxy) is 2. The van der Waals surface area contributed by atoms with E-state index in [2.05, 4.69) is 25.2 Å². The van der Waals surface area contributed by atoms with Crippen LogP contribution in [0.5, 0.6) is 5.75 Å². The topological polar surface area (TPSA) is 139 Å². The second-order valence-electron chi connectivity index (χ2n) is 10.4. The number of hydrogen-bond acceptors (Lipinski definition) is 10. The molecule has 0 radical (unpaired) electrons. The van der Waals surface area contributed by atoms with E-state index in [-0.39, 0.29) is 24.2 Å². The fourth-order valence-electron chi connectivity index (χ4n) is 4.33. The highest BCUT2D eigenvalue weighted by Gasteiger charge is 2.35. The molecule has 0 unspecified atom stereocenters. The van der Waals surface area contributed by atoms with Crippen molar-refractivity contribution in [2.24, 2.45) is 0 Å². The monoisotopic (exact) mass is 540 g/mol. The molecule has 2 aromatic heterocycles. The first-order valence-electron chi connectivity index (χ1n) is 12.5. The van der Waals surface area contributed by atoms with Gasteiger partial charge >= 0.3 is 12.1 Å². The van der Waals surface area contributed by atoms with Crippen LogP contribution in [0.4, 0.5) is 27.0 Å². The highest BCUT2D eigenvalue weighted by molar-refractivity contribution is 7.16. The molecule has 0 saturated carbocycles. The summed E-state index contributed by atoms with van der Waals surface area (Å²) in [5.41, 5.74) is 9.44. The molecular formula is C25H32N8O4S. The fourth-order valence-corrected chi connectivity index (χ4v) is 4.99. The third-order valence-corrected chi connectivity index (χ3v) is 7.02. The summed E-state index contributed by atoms with van der Waals surface area (Å²) < 4.78 is 11.4. The molecule has 13 heteroatoms. The van der Waals surface area contributed by atoms with Gasteiger partial charge in [0.15, 0.2) is 10.6 Å². The standard InChI is InChI=1S/C25H32N8O4S/c1-15-11-16(36-17-12-33(13-17)24(35)37-25(2,3)4)5-6-18(15)28-23(34)32-9-7-31(8-10-32)20-19-21(38-14-27-19)30-22(26)29-20/h5-6,11,14,17H,7-10,12-13H2,1-4H3,(H,28,34)(H2,26,29,30). The van der Waals surface area contributed by atoms with E-state index < -0.39 is 5.60 Å². The molecule has 2 aliphatic rings. The van der Waals surface area contributed by atoms with E-state index in [4.69, 9.17) is 15.2 Å². The quantitative estimate of drug-likeness (QED) is 0.510. The number of benzene rings is 1. The third-order valence-electron chi connectivity index (χ3n) is 6.31. The van der Waals surface area contributed by atoms with E-state index in [9.17, 15) is 9.59 Å². The number of nitrogens with zero attached hydrogens (tertiary/aromatic N) is 6. The van der Waals surface area contributed by atoms with Gasteiger partial charge in [0.25, 0.3) is 0 Å². The third kappa shape index (κ3) is 5.67. The Bertz CT molecular complexity index is 1340. The Kier molecular flexibility index (Phi) is 6.86. The van der Waals surface area contributed by atoms with Crippen LogP contribution in [0, 0.1) is 6.92 Å². The molecular weight excluding hydrogens is 508 g/mol. The second kappa shape index (κ2) is 10.1. The minimum Gasteiger partial charge on any atom is -0.487 e. The molecule has 4 heterocycles. The molecule has 12 nitrogen and oxygen atoms in total. The summed E-state index contributed by atoms with van der Waals surface area (Å²) in [5, 5.41) is 3.01. The predicted octanol–water partition coefficient (Wildman–Crippen LogP) is 3.33. The van der Waals surface area contributed by atoms with E-state index in [0.29, 0.717) is 50.8 Å². The van der Waals surface area contributed by atoms with Gasteiger partial charge in [-0.15, -0.1) is 11.3 Å². The average Bonchev–Trinajstić information content (AvgIpc) is 3.29. The molecule has 0 aliphatic carbocycles. The van der Waals surface area contributed by atoms with Crippen LogP contribution in [0.2, 0.25) is 0 Å². The van der Waals surface area contributed by atoms with Gasteiger partial charge in [-0.3, -0.25) is 0 Å². The molecule has 3 amide bonds. The Morgan fingerprint density at radius 3 is 2.53 bits per heavy atom. The summed E-state index contributed by atoms with van der Waals surface area (Å²) in [6.45, 7) is 10.7. The average molecular weight is 541 g/mol. The smallest absolute Gasteiger partial charge is 0.410 e. The van der Waals surface area contributed by atoms with Gasteiger partial charge in [0.2, 0.25) is 5.95 Å². The van der Waals surface area contributed by atoms with Crippen molar-refractivity contribution in [2.75, 3.05) is 55.2 Å². The van der Waals surface area contributed by atoms with E-state index >= 15 is 0 Å². The number of rotatable bonds is 4. The zero-order chi connectivity index (χ0) is 27.0. The maximum Gasteiger partial charge on any atom is 0.410 e. The molecule has 2 aliphatic heterocycles. The Labute approximate surface area is 224 Å². The number of fused-ring (bicyclic) bond motifs is 1. The number of thiazole rings is 1. The van der Waals surface area contributed by atoms with Gasteiger partial charge in [-0.1, -0.05) is 0 Å². The van der Waals surface area contributed by atoms with Gasteiger partial charge in [0.1, 0.15) is 23.0 Å². The summed E-state index contributed by atoms with van der Waals surface area (Å²) in [4.78, 5) is 44.3. The maximum absolute atomic E-state index is 13.0. The molecule has 2 saturated heterocycles. The van der Waals surface area contributed by atoms with E-state index in [1.165, 1.54) is 11.3 Å². The van der Waals surface area contributed by atoms with Crippen molar-refractivity contribution in [3.8, 4) is 5.75 Å². The highest BCUT2D eigenvalue weighted by Crippen LogP contribution is 2.28. The Morgan fingerprint density at radius 2 is 1.84 bits per heavy atom. The highest BCUT2D eigenvalue weighted by atomic mass is 32.1. The number of likely N-dealkylation sites (tertiary alicyclic amines) is 1. The number of nitrogens with one attached hydrogen (secondary N) is 1. The zero-order valence-electron chi connectivity index (χ0n) is 21.9. The van der Waals surface area contributed by atoms with Crippen molar-refractivity contribution in [3.05, 3.63) is 29.3 Å². The zero-order valence-corrected chi connectivity index (χ0v) is 22.7. The number of aromatic nitrogens is 3. The largest absolute Gasteiger partial charge is 0.487 e. The van der Waals surface area contributed by atoms with Crippen LogP contribution in [0.3, 0.4) is 0 Å². The number of anilines is 3. The number of amides is 3. The molecule has 38 heavy (non-hydrogen) atoms. The minimum absolute atomic E-state index is 0.0885. The van der Waals surface area contributed by atoms with Gasteiger partial charge in [-0.05, 0) is 51.5 Å². The van der Waals surface area contributed by atoms with Crippen LogP contribution in [-0.2, 0) is 4.74 Å². The molecule has 0 bridgehead atoms. The maximum atomic E-state index is 13.0. The predicted molar refractivity (Wildman–Crippen MR) is 146 cm³/mol. The van der Waals surface area contributed by atoms with Crippen LogP contribution in [-0.4, -0.2) is 87.8 Å². The summed E-state index contributed by atoms with van der Waals surface area (Å²) in [5.74, 6) is 1.62. The number of urea groups is 1. The molecule has 1 aromatic carbocycles. The molecule has 0 spiro atoms. The van der Waals surface area contributed by atoms with Crippen molar-refractivity contribution in [1.82, 2.24) is 24.8 Å². The van der Waals surface area contributed by atoms with Crippen molar-refractivity contribution >= 4 is 51.3 Å². The lowest BCUT2D eigenvalue weighted by Crippen LogP contribution is -2.57.